The predicted molar refractivity (Wildman–Crippen MR) is 120 cm³/mol. The second-order valence-electron chi connectivity index (χ2n) is 7.52. The third kappa shape index (κ3) is 4.14. The third-order valence-corrected chi connectivity index (χ3v) is 5.32. The Morgan fingerprint density at radius 1 is 1.18 bits per heavy atom. The van der Waals surface area contributed by atoms with Crippen LogP contribution in [-0.2, 0) is 6.54 Å². The smallest absolute Gasteiger partial charge is 0.267 e. The topological polar surface area (TPSA) is 127 Å². The van der Waals surface area contributed by atoms with Gasteiger partial charge in [-0.2, -0.15) is 10.4 Å². The van der Waals surface area contributed by atoms with E-state index in [2.05, 4.69) is 21.5 Å². The number of nitrogens with two attached hydrogens (primary N) is 1. The molecule has 33 heavy (non-hydrogen) atoms. The van der Waals surface area contributed by atoms with E-state index in [1.54, 1.807) is 30.7 Å². The SMILES string of the molecule is Cc1nn(Cc2ccc(C#N)cc2)c(C)c1NC(=O)c1cc(C(N)=O)nc2cccc(F)c12. The molecule has 9 heteroatoms. The second kappa shape index (κ2) is 8.51. The van der Waals surface area contributed by atoms with E-state index >= 15 is 0 Å². The summed E-state index contributed by atoms with van der Waals surface area (Å²) in [5.41, 5.74) is 8.56. The number of primary amides is 1. The molecule has 2 amide bonds. The maximum absolute atomic E-state index is 14.6. The standard InChI is InChI=1S/C24H19FN6O2/c1-13-22(14(2)31(30-13)12-16-8-6-15(11-26)7-9-16)29-24(33)17-10-20(23(27)32)28-19-5-3-4-18(25)21(17)19/h3-10H,12H2,1-2H3,(H2,27,32)(H,29,33). The highest BCUT2D eigenvalue weighted by atomic mass is 19.1. The number of hydrogen-bond donors (Lipinski definition) is 2. The summed E-state index contributed by atoms with van der Waals surface area (Å²) >= 11 is 0. The molecule has 0 aliphatic rings. The molecule has 0 aliphatic carbocycles. The Balaban J connectivity index is 1.69. The van der Waals surface area contributed by atoms with Crippen molar-refractivity contribution in [1.29, 1.82) is 5.26 Å². The predicted octanol–water partition coefficient (Wildman–Crippen LogP) is 3.46. The van der Waals surface area contributed by atoms with E-state index < -0.39 is 17.6 Å². The van der Waals surface area contributed by atoms with E-state index in [1.807, 2.05) is 12.1 Å². The molecule has 0 spiro atoms. The Bertz CT molecular complexity index is 1450. The van der Waals surface area contributed by atoms with Crippen molar-refractivity contribution in [2.75, 3.05) is 5.32 Å². The molecule has 0 saturated heterocycles. The lowest BCUT2D eigenvalue weighted by Gasteiger charge is -2.11. The Kier molecular flexibility index (Phi) is 5.58. The summed E-state index contributed by atoms with van der Waals surface area (Å²) in [6, 6.07) is 14.6. The summed E-state index contributed by atoms with van der Waals surface area (Å²) in [6.07, 6.45) is 0. The van der Waals surface area contributed by atoms with Gasteiger partial charge in [0, 0.05) is 5.39 Å². The number of fused-ring (bicyclic) bond motifs is 1. The molecule has 3 N–H and O–H groups in total. The maximum atomic E-state index is 14.6. The first kappa shape index (κ1) is 21.6. The van der Waals surface area contributed by atoms with E-state index in [9.17, 15) is 14.0 Å². The molecule has 4 aromatic rings. The van der Waals surface area contributed by atoms with Gasteiger partial charge in [-0.05, 0) is 49.7 Å². The fraction of sp³-hybridized carbons (Fsp3) is 0.125. The van der Waals surface area contributed by atoms with Crippen molar-refractivity contribution >= 4 is 28.4 Å². The highest BCUT2D eigenvalue weighted by Gasteiger charge is 2.21. The van der Waals surface area contributed by atoms with Gasteiger partial charge in [-0.1, -0.05) is 18.2 Å². The molecule has 0 radical (unpaired) electrons. The van der Waals surface area contributed by atoms with Crippen LogP contribution in [0.2, 0.25) is 0 Å². The zero-order valence-electron chi connectivity index (χ0n) is 17.9. The molecule has 2 heterocycles. The van der Waals surface area contributed by atoms with Crippen molar-refractivity contribution in [3.8, 4) is 6.07 Å². The van der Waals surface area contributed by atoms with Gasteiger partial charge in [0.2, 0.25) is 0 Å². The number of anilines is 1. The van der Waals surface area contributed by atoms with Gasteiger partial charge in [-0.15, -0.1) is 0 Å². The third-order valence-electron chi connectivity index (χ3n) is 5.32. The van der Waals surface area contributed by atoms with E-state index in [-0.39, 0.29) is 22.2 Å². The van der Waals surface area contributed by atoms with Crippen molar-refractivity contribution in [1.82, 2.24) is 14.8 Å². The number of halogens is 1. The zero-order valence-corrected chi connectivity index (χ0v) is 17.9. The molecular weight excluding hydrogens is 423 g/mol. The Hall–Kier alpha value is -4.58. The normalized spacial score (nSPS) is 10.7. The summed E-state index contributed by atoms with van der Waals surface area (Å²) in [5, 5.41) is 16.2. The number of benzene rings is 2. The lowest BCUT2D eigenvalue weighted by Crippen LogP contribution is -2.18. The Morgan fingerprint density at radius 3 is 2.58 bits per heavy atom. The molecule has 0 bridgehead atoms. The van der Waals surface area contributed by atoms with Gasteiger partial charge in [-0.25, -0.2) is 9.37 Å². The quantitative estimate of drug-likeness (QED) is 0.489. The van der Waals surface area contributed by atoms with E-state index in [1.165, 1.54) is 24.3 Å². The number of hydrogen-bond acceptors (Lipinski definition) is 5. The van der Waals surface area contributed by atoms with Gasteiger partial charge in [0.15, 0.2) is 0 Å². The fourth-order valence-electron chi connectivity index (χ4n) is 3.62. The minimum absolute atomic E-state index is 0.000260. The molecular formula is C24H19FN6O2. The Labute approximate surface area is 188 Å². The first-order valence-corrected chi connectivity index (χ1v) is 10.0. The van der Waals surface area contributed by atoms with Crippen LogP contribution in [0.4, 0.5) is 10.1 Å². The number of pyridine rings is 1. The number of nitrogens with one attached hydrogen (secondary N) is 1. The van der Waals surface area contributed by atoms with Gasteiger partial charge in [0.05, 0.1) is 46.3 Å². The van der Waals surface area contributed by atoms with Gasteiger partial charge in [0.25, 0.3) is 11.8 Å². The maximum Gasteiger partial charge on any atom is 0.267 e. The molecule has 0 saturated carbocycles. The van der Waals surface area contributed by atoms with E-state index in [0.717, 1.165) is 5.56 Å². The molecule has 0 unspecified atom stereocenters. The lowest BCUT2D eigenvalue weighted by atomic mass is 10.1. The lowest BCUT2D eigenvalue weighted by molar-refractivity contribution is 0.0996. The molecule has 164 valence electrons. The van der Waals surface area contributed by atoms with Crippen LogP contribution < -0.4 is 11.1 Å². The molecule has 4 rings (SSSR count). The number of aryl methyl sites for hydroxylation is 1. The number of nitrogens with zero attached hydrogens (tertiary/aromatic N) is 4. The average Bonchev–Trinajstić information content (AvgIpc) is 3.06. The van der Waals surface area contributed by atoms with Crippen LogP contribution >= 0.6 is 0 Å². The molecule has 8 nitrogen and oxygen atoms in total. The first-order chi connectivity index (χ1) is 15.8. The van der Waals surface area contributed by atoms with E-state index in [4.69, 9.17) is 11.0 Å². The number of nitriles is 1. The number of rotatable bonds is 5. The average molecular weight is 442 g/mol. The van der Waals surface area contributed by atoms with Crippen LogP contribution in [0.3, 0.4) is 0 Å². The van der Waals surface area contributed by atoms with Crippen LogP contribution in [0, 0.1) is 31.0 Å². The van der Waals surface area contributed by atoms with Crippen molar-refractivity contribution in [2.45, 2.75) is 20.4 Å². The van der Waals surface area contributed by atoms with Crippen molar-refractivity contribution in [3.05, 3.63) is 88.1 Å². The van der Waals surface area contributed by atoms with Crippen LogP contribution in [0.25, 0.3) is 10.9 Å². The molecule has 0 aliphatic heterocycles. The van der Waals surface area contributed by atoms with Crippen LogP contribution in [-0.4, -0.2) is 26.6 Å². The Morgan fingerprint density at radius 2 is 1.91 bits per heavy atom. The van der Waals surface area contributed by atoms with E-state index in [0.29, 0.717) is 29.2 Å². The van der Waals surface area contributed by atoms with Gasteiger partial charge < -0.3 is 11.1 Å². The summed E-state index contributed by atoms with van der Waals surface area (Å²) in [7, 11) is 0. The highest BCUT2D eigenvalue weighted by Crippen LogP contribution is 2.25. The number of carbonyl (C=O) groups is 2. The van der Waals surface area contributed by atoms with Crippen molar-refractivity contribution in [2.24, 2.45) is 5.73 Å². The van der Waals surface area contributed by atoms with Crippen molar-refractivity contribution in [3.63, 3.8) is 0 Å². The molecule has 0 fully saturated rings. The minimum atomic E-state index is -0.821. The van der Waals surface area contributed by atoms with Gasteiger partial charge >= 0.3 is 0 Å². The fourth-order valence-corrected chi connectivity index (χ4v) is 3.62. The molecule has 2 aromatic heterocycles. The largest absolute Gasteiger partial charge is 0.364 e. The number of amides is 2. The zero-order chi connectivity index (χ0) is 23.7. The molecule has 0 atom stereocenters. The van der Waals surface area contributed by atoms with Crippen LogP contribution in [0.5, 0.6) is 0 Å². The monoisotopic (exact) mass is 442 g/mol. The second-order valence-corrected chi connectivity index (χ2v) is 7.52. The van der Waals surface area contributed by atoms with Crippen LogP contribution in [0.1, 0.15) is 43.4 Å². The molecule has 2 aromatic carbocycles. The van der Waals surface area contributed by atoms with Crippen LogP contribution in [0.15, 0.2) is 48.5 Å². The first-order valence-electron chi connectivity index (χ1n) is 10.0. The van der Waals surface area contributed by atoms with Gasteiger partial charge in [-0.3, -0.25) is 14.3 Å². The minimum Gasteiger partial charge on any atom is -0.364 e. The summed E-state index contributed by atoms with van der Waals surface area (Å²) in [6.45, 7) is 3.99. The number of carbonyl (C=O) groups excluding carboxylic acids is 2. The summed E-state index contributed by atoms with van der Waals surface area (Å²) in [5.74, 6) is -2.07. The number of aromatic nitrogens is 3. The summed E-state index contributed by atoms with van der Waals surface area (Å²) < 4.78 is 16.3. The van der Waals surface area contributed by atoms with Crippen molar-refractivity contribution < 1.29 is 14.0 Å². The summed E-state index contributed by atoms with van der Waals surface area (Å²) in [4.78, 5) is 28.9. The highest BCUT2D eigenvalue weighted by molar-refractivity contribution is 6.14. The van der Waals surface area contributed by atoms with Gasteiger partial charge in [0.1, 0.15) is 11.5 Å².